The third-order valence-electron chi connectivity index (χ3n) is 10.6. The maximum absolute atomic E-state index is 12.2. The van der Waals surface area contributed by atoms with Gasteiger partial charge in [0.1, 0.15) is 16.9 Å². The van der Waals surface area contributed by atoms with Crippen molar-refractivity contribution >= 4 is 69.6 Å². The van der Waals surface area contributed by atoms with Crippen LogP contribution in [0.15, 0.2) is 66.0 Å². The van der Waals surface area contributed by atoms with Gasteiger partial charge in [0.15, 0.2) is 5.78 Å². The van der Waals surface area contributed by atoms with Gasteiger partial charge in [-0.3, -0.25) is 9.78 Å². The topological polar surface area (TPSA) is 63.1 Å². The average molecular weight is 870 g/mol. The molecule has 0 atom stereocenters. The van der Waals surface area contributed by atoms with Crippen LogP contribution >= 0.6 is 22.7 Å². The quantitative estimate of drug-likeness (QED) is 0.0940. The van der Waals surface area contributed by atoms with E-state index in [-0.39, 0.29) is 47.9 Å². The summed E-state index contributed by atoms with van der Waals surface area (Å²) < 4.78 is 2.66. The first kappa shape index (κ1) is 38.8. The Bertz CT molecular complexity index is 2140. The molecule has 0 aliphatic carbocycles. The van der Waals surface area contributed by atoms with Gasteiger partial charge in [0.05, 0.1) is 9.40 Å². The van der Waals surface area contributed by atoms with Crippen LogP contribution in [0.2, 0.25) is 0 Å². The van der Waals surface area contributed by atoms with Gasteiger partial charge in [0.2, 0.25) is 0 Å². The normalized spacial score (nSPS) is 12.7. The number of thiophene rings is 2. The molecule has 0 aliphatic heterocycles. The van der Waals surface area contributed by atoms with Crippen LogP contribution in [0.1, 0.15) is 99.1 Å². The molecule has 0 unspecified atom stereocenters. The molecule has 6 rings (SSSR count). The minimum Gasteiger partial charge on any atom is -0.512 e. The van der Waals surface area contributed by atoms with Crippen LogP contribution in [0.4, 0.5) is 0 Å². The van der Waals surface area contributed by atoms with E-state index in [1.807, 2.05) is 52.9 Å². The first-order valence-electron chi connectivity index (χ1n) is 17.2. The van der Waals surface area contributed by atoms with Gasteiger partial charge in [-0.1, -0.05) is 104 Å². The molecule has 1 radical (unpaired) electrons. The molecule has 3 aromatic heterocycles. The van der Waals surface area contributed by atoms with Crippen LogP contribution in [0.25, 0.3) is 52.4 Å². The molecule has 1 N–H and O–H groups in total. The fourth-order valence-electron chi connectivity index (χ4n) is 6.15. The van der Waals surface area contributed by atoms with Crippen molar-refractivity contribution < 1.29 is 30.0 Å². The molecule has 0 fully saturated rings. The Morgan fingerprint density at radius 2 is 1.49 bits per heavy atom. The summed E-state index contributed by atoms with van der Waals surface area (Å²) in [5.41, 5.74) is 4.09. The smallest absolute Gasteiger partial charge is 0.164 e. The molecule has 6 aromatic rings. The molecule has 261 valence electrons. The Labute approximate surface area is 313 Å². The second-order valence-corrected chi connectivity index (χ2v) is 16.4. The van der Waals surface area contributed by atoms with Gasteiger partial charge >= 0.3 is 0 Å². The molecule has 0 bridgehead atoms. The van der Waals surface area contributed by atoms with Crippen molar-refractivity contribution in [2.24, 2.45) is 10.8 Å². The number of aryl methyl sites for hydroxylation is 1. The third-order valence-corrected chi connectivity index (χ3v) is 13.0. The first-order chi connectivity index (χ1) is 22.7. The van der Waals surface area contributed by atoms with E-state index in [0.29, 0.717) is 0 Å². The van der Waals surface area contributed by atoms with Gasteiger partial charge in [0.25, 0.3) is 0 Å². The van der Waals surface area contributed by atoms with E-state index in [2.05, 4.69) is 86.6 Å². The van der Waals surface area contributed by atoms with Gasteiger partial charge in [-0.25, -0.2) is 4.98 Å². The predicted octanol–water partition coefficient (Wildman–Crippen LogP) is 12.9. The van der Waals surface area contributed by atoms with Crippen molar-refractivity contribution in [3.05, 3.63) is 83.2 Å². The minimum atomic E-state index is -0.337. The Morgan fingerprint density at radius 1 is 0.857 bits per heavy atom. The average Bonchev–Trinajstić information content (AvgIpc) is 3.67. The van der Waals surface area contributed by atoms with Gasteiger partial charge in [-0.05, 0) is 59.7 Å². The molecule has 7 heteroatoms. The number of aliphatic hydroxyl groups excluding tert-OH is 1. The van der Waals surface area contributed by atoms with Crippen LogP contribution < -0.4 is 0 Å². The molecule has 49 heavy (non-hydrogen) atoms. The first-order valence-corrected chi connectivity index (χ1v) is 18.9. The van der Waals surface area contributed by atoms with E-state index in [4.69, 9.17) is 4.98 Å². The Morgan fingerprint density at radius 3 is 2.12 bits per heavy atom. The Kier molecular flexibility index (Phi) is 12.0. The molecule has 3 aromatic carbocycles. The zero-order valence-electron chi connectivity index (χ0n) is 30.5. The van der Waals surface area contributed by atoms with E-state index >= 15 is 0 Å². The monoisotopic (exact) mass is 870 g/mol. The summed E-state index contributed by atoms with van der Waals surface area (Å²) in [4.78, 5) is 22.7. The number of fused-ring (bicyclic) bond motifs is 6. The second-order valence-electron chi connectivity index (χ2n) is 14.6. The SMILES string of the molecule is CCC(C)(CC)C(=O)/C=C(\O)C(C)(CC)CC.Cc1csc2c1ccc1c2sc2ncnc(-c3[c-]c4ccccc4c(C(C)(C)C)c3)c21.[Ir]. The summed E-state index contributed by atoms with van der Waals surface area (Å²) in [6.45, 7) is 21.1. The van der Waals surface area contributed by atoms with Crippen molar-refractivity contribution in [3.8, 4) is 11.3 Å². The van der Waals surface area contributed by atoms with Crippen LogP contribution in [-0.2, 0) is 30.3 Å². The number of aromatic nitrogens is 2. The van der Waals surface area contributed by atoms with Gasteiger partial charge < -0.3 is 5.11 Å². The Hall–Kier alpha value is -2.96. The van der Waals surface area contributed by atoms with E-state index in [0.717, 1.165) is 52.5 Å². The van der Waals surface area contributed by atoms with E-state index < -0.39 is 0 Å². The number of benzene rings is 3. The third kappa shape index (κ3) is 7.42. The van der Waals surface area contributed by atoms with Crippen molar-refractivity contribution in [2.45, 2.75) is 100 Å². The summed E-state index contributed by atoms with van der Waals surface area (Å²) in [7, 11) is 0. The molecule has 4 nitrogen and oxygen atoms in total. The fourth-order valence-corrected chi connectivity index (χ4v) is 8.50. The molecule has 0 amide bonds. The van der Waals surface area contributed by atoms with Crippen LogP contribution in [0.3, 0.4) is 0 Å². The number of rotatable bonds is 8. The standard InChI is InChI=1S/C27H21N2S2.C15H28O2.Ir/c1-15-13-30-24-18(15)9-10-20-22-23(28-14-29-26(22)31-25(20)24)17-11-16-7-5-6-8-19(16)21(12-17)27(2,3)4;1-7-14(5,8-2)12(16)11-13(17)15(6,9-3)10-4;/h5-10,12-14H,1-4H3;11,16H,7-10H2,1-6H3;/q-1;;/b;12-11-;. The largest absolute Gasteiger partial charge is 0.512 e. The number of carbonyl (C=O) groups excluding carboxylic acids is 1. The fraction of sp³-hybridized carbons (Fsp3) is 0.405. The summed E-state index contributed by atoms with van der Waals surface area (Å²) >= 11 is 3.59. The molecule has 0 saturated heterocycles. The zero-order chi connectivity index (χ0) is 35.0. The summed E-state index contributed by atoms with van der Waals surface area (Å²) in [6.07, 6.45) is 6.45. The maximum Gasteiger partial charge on any atom is 0.164 e. The van der Waals surface area contributed by atoms with Gasteiger partial charge in [0, 0.05) is 48.1 Å². The van der Waals surface area contributed by atoms with Crippen LogP contribution in [0.5, 0.6) is 0 Å². The number of hydrogen-bond acceptors (Lipinski definition) is 6. The molecule has 0 aliphatic rings. The molecule has 0 saturated carbocycles. The molecule has 3 heterocycles. The van der Waals surface area contributed by atoms with Crippen LogP contribution in [-0.4, -0.2) is 20.9 Å². The number of ketones is 1. The van der Waals surface area contributed by atoms with Gasteiger partial charge in [-0.2, -0.15) is 0 Å². The van der Waals surface area contributed by atoms with Crippen molar-refractivity contribution in [1.82, 2.24) is 9.97 Å². The minimum absolute atomic E-state index is 0. The summed E-state index contributed by atoms with van der Waals surface area (Å²) in [5, 5.41) is 18.5. The van der Waals surface area contributed by atoms with E-state index in [1.165, 1.54) is 42.8 Å². The number of nitrogens with zero attached hydrogens (tertiary/aromatic N) is 2. The van der Waals surface area contributed by atoms with Gasteiger partial charge in [-0.15, -0.1) is 51.8 Å². The van der Waals surface area contributed by atoms with Crippen molar-refractivity contribution in [3.63, 3.8) is 0 Å². The Balaban J connectivity index is 0.000000260. The number of aliphatic hydroxyl groups is 1. The molecular weight excluding hydrogens is 821 g/mol. The van der Waals surface area contributed by atoms with E-state index in [9.17, 15) is 9.90 Å². The molecular formula is C42H49IrN2O2S2-. The van der Waals surface area contributed by atoms with Crippen molar-refractivity contribution in [2.75, 3.05) is 0 Å². The predicted molar refractivity (Wildman–Crippen MR) is 209 cm³/mol. The zero-order valence-corrected chi connectivity index (χ0v) is 34.5. The van der Waals surface area contributed by atoms with Crippen molar-refractivity contribution in [1.29, 1.82) is 0 Å². The van der Waals surface area contributed by atoms with Crippen LogP contribution in [0, 0.1) is 23.8 Å². The van der Waals surface area contributed by atoms with E-state index in [1.54, 1.807) is 17.7 Å². The number of hydrogen-bond donors (Lipinski definition) is 1. The second kappa shape index (κ2) is 15.1. The summed E-state index contributed by atoms with van der Waals surface area (Å²) in [5.74, 6) is 0.286. The number of allylic oxidation sites excluding steroid dienone is 2. The molecule has 0 spiro atoms. The summed E-state index contributed by atoms with van der Waals surface area (Å²) in [6, 6.07) is 19.0. The maximum atomic E-state index is 12.2. The number of carbonyl (C=O) groups is 1.